The third kappa shape index (κ3) is 5.58. The molecule has 0 aliphatic rings. The Bertz CT molecular complexity index is 788. The summed E-state index contributed by atoms with van der Waals surface area (Å²) in [5.41, 5.74) is 2.47. The van der Waals surface area contributed by atoms with Gasteiger partial charge in [0.2, 0.25) is 0 Å². The summed E-state index contributed by atoms with van der Waals surface area (Å²) in [5, 5.41) is 2.80. The van der Waals surface area contributed by atoms with Crippen LogP contribution in [0, 0.1) is 0 Å². The van der Waals surface area contributed by atoms with Gasteiger partial charge in [-0.1, -0.05) is 32.9 Å². The Kier molecular flexibility index (Phi) is 6.26. The van der Waals surface area contributed by atoms with E-state index in [0.29, 0.717) is 17.0 Å². The average Bonchev–Trinajstić information content (AvgIpc) is 2.61. The van der Waals surface area contributed by atoms with Crippen molar-refractivity contribution in [3.8, 4) is 5.75 Å². The van der Waals surface area contributed by atoms with Crippen molar-refractivity contribution in [2.75, 3.05) is 19.4 Å². The first kappa shape index (κ1) is 20.5. The van der Waals surface area contributed by atoms with E-state index in [-0.39, 0.29) is 17.2 Å². The minimum Gasteiger partial charge on any atom is -0.481 e. The van der Waals surface area contributed by atoms with Crippen molar-refractivity contribution in [2.45, 2.75) is 39.2 Å². The van der Waals surface area contributed by atoms with Gasteiger partial charge in [-0.3, -0.25) is 9.59 Å². The highest BCUT2D eigenvalue weighted by Crippen LogP contribution is 2.24. The van der Waals surface area contributed by atoms with Gasteiger partial charge in [-0.15, -0.1) is 0 Å². The van der Waals surface area contributed by atoms with Crippen molar-refractivity contribution in [2.24, 2.45) is 0 Å². The van der Waals surface area contributed by atoms with Gasteiger partial charge in [-0.25, -0.2) is 0 Å². The number of carbonyl (C=O) groups excluding carboxylic acids is 2. The fraction of sp³-hybridized carbons (Fsp3) is 0.364. The normalized spacial score (nSPS) is 12.2. The third-order valence-corrected chi connectivity index (χ3v) is 4.21. The molecule has 0 radical (unpaired) electrons. The number of benzene rings is 2. The van der Waals surface area contributed by atoms with E-state index in [1.54, 1.807) is 45.3 Å². The van der Waals surface area contributed by atoms with Crippen LogP contribution in [0.2, 0.25) is 0 Å². The van der Waals surface area contributed by atoms with Crippen LogP contribution >= 0.6 is 0 Å². The molecule has 0 saturated carbocycles. The van der Waals surface area contributed by atoms with Gasteiger partial charge in [-0.2, -0.15) is 0 Å². The maximum Gasteiger partial charge on any atom is 0.265 e. The second-order valence-corrected chi connectivity index (χ2v) is 7.80. The van der Waals surface area contributed by atoms with Crippen LogP contribution in [0.1, 0.15) is 43.6 Å². The molecule has 0 heterocycles. The van der Waals surface area contributed by atoms with E-state index < -0.39 is 6.10 Å². The van der Waals surface area contributed by atoms with Crippen LogP contribution in [0.5, 0.6) is 5.75 Å². The maximum absolute atomic E-state index is 12.4. The first-order valence-corrected chi connectivity index (χ1v) is 8.97. The number of hydrogen-bond donors (Lipinski definition) is 1. The van der Waals surface area contributed by atoms with Gasteiger partial charge >= 0.3 is 0 Å². The van der Waals surface area contributed by atoms with Crippen LogP contribution in [-0.2, 0) is 10.2 Å². The Morgan fingerprint density at radius 1 is 0.963 bits per heavy atom. The second-order valence-electron chi connectivity index (χ2n) is 7.80. The van der Waals surface area contributed by atoms with E-state index in [4.69, 9.17) is 4.74 Å². The fourth-order valence-corrected chi connectivity index (χ4v) is 2.49. The van der Waals surface area contributed by atoms with Crippen LogP contribution in [-0.4, -0.2) is 36.9 Å². The van der Waals surface area contributed by atoms with Crippen molar-refractivity contribution in [1.29, 1.82) is 0 Å². The molecule has 0 aliphatic carbocycles. The minimum absolute atomic E-state index is 0.0711. The first-order chi connectivity index (χ1) is 12.6. The molecule has 0 aliphatic heterocycles. The predicted octanol–water partition coefficient (Wildman–Crippen LogP) is 4.09. The van der Waals surface area contributed by atoms with E-state index in [1.165, 1.54) is 10.5 Å². The highest BCUT2D eigenvalue weighted by Gasteiger charge is 2.17. The number of rotatable bonds is 5. The van der Waals surface area contributed by atoms with Crippen molar-refractivity contribution in [3.05, 3.63) is 59.7 Å². The van der Waals surface area contributed by atoms with Crippen LogP contribution in [0.15, 0.2) is 48.5 Å². The molecule has 144 valence electrons. The zero-order valence-electron chi connectivity index (χ0n) is 16.9. The molecule has 2 aromatic rings. The number of amides is 2. The molecule has 2 aromatic carbocycles. The standard InChI is InChI=1S/C22H28N2O3/c1-15(27-19-13-9-17(10-14-19)22(2,3)4)20(25)23-18-11-7-16(8-12-18)21(26)24(5)6/h7-15H,1-6H3,(H,23,25)/t15-/m1/s1. The number of nitrogens with one attached hydrogen (secondary N) is 1. The summed E-state index contributed by atoms with van der Waals surface area (Å²) >= 11 is 0. The van der Waals surface area contributed by atoms with Crippen LogP contribution in [0.25, 0.3) is 0 Å². The molecule has 0 bridgehead atoms. The van der Waals surface area contributed by atoms with E-state index >= 15 is 0 Å². The lowest BCUT2D eigenvalue weighted by molar-refractivity contribution is -0.122. The number of anilines is 1. The number of nitrogens with zero attached hydrogens (tertiary/aromatic N) is 1. The van der Waals surface area contributed by atoms with Crippen molar-refractivity contribution in [1.82, 2.24) is 4.90 Å². The summed E-state index contributed by atoms with van der Waals surface area (Å²) in [5.74, 6) is 0.322. The SMILES string of the molecule is C[C@@H](Oc1ccc(C(C)(C)C)cc1)C(=O)Nc1ccc(C(=O)N(C)C)cc1. The summed E-state index contributed by atoms with van der Waals surface area (Å²) in [4.78, 5) is 25.8. The molecule has 5 nitrogen and oxygen atoms in total. The smallest absolute Gasteiger partial charge is 0.265 e. The van der Waals surface area contributed by atoms with Crippen molar-refractivity contribution < 1.29 is 14.3 Å². The topological polar surface area (TPSA) is 58.6 Å². The summed E-state index contributed by atoms with van der Waals surface area (Å²) in [6.07, 6.45) is -0.645. The Morgan fingerprint density at radius 3 is 2.00 bits per heavy atom. The lowest BCUT2D eigenvalue weighted by Crippen LogP contribution is -2.30. The molecular formula is C22H28N2O3. The molecule has 1 atom stereocenters. The van der Waals surface area contributed by atoms with Crippen LogP contribution in [0.3, 0.4) is 0 Å². The lowest BCUT2D eigenvalue weighted by atomic mass is 9.87. The zero-order chi connectivity index (χ0) is 20.2. The van der Waals surface area contributed by atoms with E-state index in [0.717, 1.165) is 0 Å². The summed E-state index contributed by atoms with van der Waals surface area (Å²) < 4.78 is 5.74. The molecule has 0 spiro atoms. The number of hydrogen-bond acceptors (Lipinski definition) is 3. The average molecular weight is 368 g/mol. The second kappa shape index (κ2) is 8.25. The number of carbonyl (C=O) groups is 2. The van der Waals surface area contributed by atoms with Gasteiger partial charge in [0.15, 0.2) is 6.10 Å². The molecule has 2 amide bonds. The Labute approximate surface area is 161 Å². The monoisotopic (exact) mass is 368 g/mol. The molecule has 0 fully saturated rings. The Hall–Kier alpha value is -2.82. The van der Waals surface area contributed by atoms with E-state index in [9.17, 15) is 9.59 Å². The molecule has 0 unspecified atom stereocenters. The molecule has 1 N–H and O–H groups in total. The number of ether oxygens (including phenoxy) is 1. The van der Waals surface area contributed by atoms with E-state index in [1.807, 2.05) is 24.3 Å². The van der Waals surface area contributed by atoms with Crippen LogP contribution < -0.4 is 10.1 Å². The van der Waals surface area contributed by atoms with Gasteiger partial charge in [-0.05, 0) is 54.3 Å². The Balaban J connectivity index is 1.96. The first-order valence-electron chi connectivity index (χ1n) is 8.97. The quantitative estimate of drug-likeness (QED) is 0.865. The molecule has 0 aromatic heterocycles. The lowest BCUT2D eigenvalue weighted by Gasteiger charge is -2.20. The summed E-state index contributed by atoms with van der Waals surface area (Å²) in [7, 11) is 3.40. The Morgan fingerprint density at radius 2 is 1.52 bits per heavy atom. The van der Waals surface area contributed by atoms with Gasteiger partial charge in [0.25, 0.3) is 11.8 Å². The molecule has 5 heteroatoms. The van der Waals surface area contributed by atoms with Gasteiger partial charge < -0.3 is 15.0 Å². The maximum atomic E-state index is 12.4. The fourth-order valence-electron chi connectivity index (χ4n) is 2.49. The zero-order valence-corrected chi connectivity index (χ0v) is 16.9. The van der Waals surface area contributed by atoms with Crippen LogP contribution in [0.4, 0.5) is 5.69 Å². The van der Waals surface area contributed by atoms with Crippen molar-refractivity contribution in [3.63, 3.8) is 0 Å². The van der Waals surface area contributed by atoms with E-state index in [2.05, 4.69) is 26.1 Å². The molecular weight excluding hydrogens is 340 g/mol. The highest BCUT2D eigenvalue weighted by atomic mass is 16.5. The van der Waals surface area contributed by atoms with Gasteiger partial charge in [0.1, 0.15) is 5.75 Å². The molecule has 27 heavy (non-hydrogen) atoms. The third-order valence-electron chi connectivity index (χ3n) is 4.21. The predicted molar refractivity (Wildman–Crippen MR) is 108 cm³/mol. The molecule has 0 saturated heterocycles. The van der Waals surface area contributed by atoms with Gasteiger partial charge in [0, 0.05) is 25.3 Å². The van der Waals surface area contributed by atoms with Gasteiger partial charge in [0.05, 0.1) is 0 Å². The summed E-state index contributed by atoms with van der Waals surface area (Å²) in [6, 6.07) is 14.6. The van der Waals surface area contributed by atoms with Crippen molar-refractivity contribution >= 4 is 17.5 Å². The highest BCUT2D eigenvalue weighted by molar-refractivity contribution is 5.96. The largest absolute Gasteiger partial charge is 0.481 e. The summed E-state index contributed by atoms with van der Waals surface area (Å²) in [6.45, 7) is 8.15. The minimum atomic E-state index is -0.645. The molecule has 2 rings (SSSR count).